The third-order valence-corrected chi connectivity index (χ3v) is 2.52. The maximum Gasteiger partial charge on any atom is 0.122 e. The molecule has 1 aromatic carbocycles. The van der Waals surface area contributed by atoms with Crippen molar-refractivity contribution >= 4 is 0 Å². The molecule has 14 heavy (non-hydrogen) atoms. The van der Waals surface area contributed by atoms with Crippen LogP contribution in [-0.4, -0.2) is 7.11 Å². The topological polar surface area (TPSA) is 9.23 Å². The van der Waals surface area contributed by atoms with Gasteiger partial charge >= 0.3 is 0 Å². The van der Waals surface area contributed by atoms with Gasteiger partial charge in [0.05, 0.1) is 7.11 Å². The molecular weight excluding hydrogens is 172 g/mol. The van der Waals surface area contributed by atoms with Gasteiger partial charge < -0.3 is 4.74 Å². The molecule has 0 heterocycles. The van der Waals surface area contributed by atoms with Crippen LogP contribution in [0.15, 0.2) is 12.1 Å². The fourth-order valence-corrected chi connectivity index (χ4v) is 1.64. The second-order valence-corrected chi connectivity index (χ2v) is 4.35. The second-order valence-electron chi connectivity index (χ2n) is 4.35. The molecule has 0 aliphatic rings. The minimum Gasteiger partial charge on any atom is -0.496 e. The molecule has 0 aliphatic carbocycles. The van der Waals surface area contributed by atoms with Gasteiger partial charge in [-0.05, 0) is 48.9 Å². The Kier molecular flexibility index (Phi) is 3.56. The van der Waals surface area contributed by atoms with Crippen molar-refractivity contribution in [1.29, 1.82) is 0 Å². The molecule has 0 saturated heterocycles. The van der Waals surface area contributed by atoms with E-state index in [0.717, 1.165) is 12.2 Å². The molecular formula is C13H20O. The predicted octanol–water partition coefficient (Wildman–Crippen LogP) is 3.51. The molecule has 0 radical (unpaired) electrons. The molecule has 0 aliphatic heterocycles. The third kappa shape index (κ3) is 2.50. The SMILES string of the molecule is COc1cc(C)c(C)cc1CC(C)C. The van der Waals surface area contributed by atoms with Crippen LogP contribution in [0, 0.1) is 19.8 Å². The van der Waals surface area contributed by atoms with Crippen LogP contribution >= 0.6 is 0 Å². The van der Waals surface area contributed by atoms with Crippen LogP contribution < -0.4 is 4.74 Å². The highest BCUT2D eigenvalue weighted by Crippen LogP contribution is 2.25. The van der Waals surface area contributed by atoms with Gasteiger partial charge in [-0.3, -0.25) is 0 Å². The van der Waals surface area contributed by atoms with Crippen molar-refractivity contribution in [2.24, 2.45) is 5.92 Å². The van der Waals surface area contributed by atoms with Gasteiger partial charge in [0.25, 0.3) is 0 Å². The van der Waals surface area contributed by atoms with E-state index in [0.29, 0.717) is 5.92 Å². The van der Waals surface area contributed by atoms with E-state index in [9.17, 15) is 0 Å². The molecule has 1 nitrogen and oxygen atoms in total. The molecule has 0 aromatic heterocycles. The molecule has 0 atom stereocenters. The summed E-state index contributed by atoms with van der Waals surface area (Å²) in [5.41, 5.74) is 3.97. The largest absolute Gasteiger partial charge is 0.496 e. The van der Waals surface area contributed by atoms with Crippen LogP contribution in [0.1, 0.15) is 30.5 Å². The van der Waals surface area contributed by atoms with Crippen LogP contribution in [0.4, 0.5) is 0 Å². The summed E-state index contributed by atoms with van der Waals surface area (Å²) >= 11 is 0. The van der Waals surface area contributed by atoms with Gasteiger partial charge in [-0.25, -0.2) is 0 Å². The summed E-state index contributed by atoms with van der Waals surface area (Å²) in [6.45, 7) is 8.73. The Morgan fingerprint density at radius 2 is 1.71 bits per heavy atom. The summed E-state index contributed by atoms with van der Waals surface area (Å²) in [7, 11) is 1.74. The lowest BCUT2D eigenvalue weighted by molar-refractivity contribution is 0.406. The van der Waals surface area contributed by atoms with E-state index in [4.69, 9.17) is 4.74 Å². The summed E-state index contributed by atoms with van der Waals surface area (Å²) in [6.07, 6.45) is 1.09. The van der Waals surface area contributed by atoms with E-state index in [1.54, 1.807) is 7.11 Å². The summed E-state index contributed by atoms with van der Waals surface area (Å²) in [5.74, 6) is 1.70. The fraction of sp³-hybridized carbons (Fsp3) is 0.538. The molecule has 0 bridgehead atoms. The van der Waals surface area contributed by atoms with Crippen molar-refractivity contribution in [3.8, 4) is 5.75 Å². The summed E-state index contributed by atoms with van der Waals surface area (Å²) in [6, 6.07) is 4.38. The van der Waals surface area contributed by atoms with Gasteiger partial charge in [0.2, 0.25) is 0 Å². The minimum atomic E-state index is 0.672. The number of aryl methyl sites for hydroxylation is 2. The van der Waals surface area contributed by atoms with Crippen molar-refractivity contribution in [3.05, 3.63) is 28.8 Å². The maximum atomic E-state index is 5.38. The predicted molar refractivity (Wildman–Crippen MR) is 61.0 cm³/mol. The highest BCUT2D eigenvalue weighted by molar-refractivity contribution is 5.41. The first-order chi connectivity index (χ1) is 6.54. The molecule has 0 N–H and O–H groups in total. The second kappa shape index (κ2) is 4.50. The number of hydrogen-bond acceptors (Lipinski definition) is 1. The van der Waals surface area contributed by atoms with E-state index >= 15 is 0 Å². The van der Waals surface area contributed by atoms with Crippen LogP contribution in [0.5, 0.6) is 5.75 Å². The van der Waals surface area contributed by atoms with Gasteiger partial charge in [0.1, 0.15) is 5.75 Å². The maximum absolute atomic E-state index is 5.38. The van der Waals surface area contributed by atoms with E-state index in [1.807, 2.05) is 0 Å². The summed E-state index contributed by atoms with van der Waals surface area (Å²) in [4.78, 5) is 0. The zero-order chi connectivity index (χ0) is 10.7. The Labute approximate surface area is 87.1 Å². The molecule has 0 saturated carbocycles. The van der Waals surface area contributed by atoms with Gasteiger partial charge in [0.15, 0.2) is 0 Å². The monoisotopic (exact) mass is 192 g/mol. The van der Waals surface area contributed by atoms with Gasteiger partial charge in [-0.2, -0.15) is 0 Å². The van der Waals surface area contributed by atoms with Crippen molar-refractivity contribution in [1.82, 2.24) is 0 Å². The zero-order valence-electron chi connectivity index (χ0n) is 9.85. The quantitative estimate of drug-likeness (QED) is 0.712. The van der Waals surface area contributed by atoms with Crippen molar-refractivity contribution in [2.75, 3.05) is 7.11 Å². The normalized spacial score (nSPS) is 10.7. The van der Waals surface area contributed by atoms with Gasteiger partial charge in [-0.15, -0.1) is 0 Å². The lowest BCUT2D eigenvalue weighted by Gasteiger charge is -2.13. The molecule has 78 valence electrons. The third-order valence-electron chi connectivity index (χ3n) is 2.52. The smallest absolute Gasteiger partial charge is 0.122 e. The molecule has 0 fully saturated rings. The fourth-order valence-electron chi connectivity index (χ4n) is 1.64. The molecule has 1 rings (SSSR count). The lowest BCUT2D eigenvalue weighted by Crippen LogP contribution is -1.99. The first-order valence-corrected chi connectivity index (χ1v) is 5.18. The molecule has 0 spiro atoms. The average Bonchev–Trinajstić information content (AvgIpc) is 2.10. The summed E-state index contributed by atoms with van der Waals surface area (Å²) < 4.78 is 5.38. The first-order valence-electron chi connectivity index (χ1n) is 5.18. The number of methoxy groups -OCH3 is 1. The Morgan fingerprint density at radius 1 is 1.14 bits per heavy atom. The average molecular weight is 192 g/mol. The number of rotatable bonds is 3. The number of hydrogen-bond donors (Lipinski definition) is 0. The van der Waals surface area contributed by atoms with E-state index in [-0.39, 0.29) is 0 Å². The van der Waals surface area contributed by atoms with Crippen LogP contribution in [-0.2, 0) is 6.42 Å². The molecule has 0 unspecified atom stereocenters. The number of ether oxygens (including phenoxy) is 1. The number of benzene rings is 1. The zero-order valence-corrected chi connectivity index (χ0v) is 9.85. The Morgan fingerprint density at radius 3 is 2.21 bits per heavy atom. The standard InChI is InChI=1S/C13H20O/c1-9(2)6-12-7-10(3)11(4)8-13(12)14-5/h7-9H,6H2,1-5H3. The van der Waals surface area contributed by atoms with E-state index < -0.39 is 0 Å². The van der Waals surface area contributed by atoms with Gasteiger partial charge in [0, 0.05) is 0 Å². The highest BCUT2D eigenvalue weighted by Gasteiger charge is 2.07. The minimum absolute atomic E-state index is 0.672. The van der Waals surface area contributed by atoms with E-state index in [1.165, 1.54) is 16.7 Å². The van der Waals surface area contributed by atoms with Crippen LogP contribution in [0.25, 0.3) is 0 Å². The van der Waals surface area contributed by atoms with Crippen molar-refractivity contribution in [2.45, 2.75) is 34.1 Å². The van der Waals surface area contributed by atoms with Crippen molar-refractivity contribution < 1.29 is 4.74 Å². The van der Waals surface area contributed by atoms with Crippen molar-refractivity contribution in [3.63, 3.8) is 0 Å². The van der Waals surface area contributed by atoms with Crippen LogP contribution in [0.2, 0.25) is 0 Å². The first kappa shape index (κ1) is 11.1. The van der Waals surface area contributed by atoms with Gasteiger partial charge in [-0.1, -0.05) is 19.9 Å². The lowest BCUT2D eigenvalue weighted by atomic mass is 9.98. The molecule has 1 heteroatoms. The Hall–Kier alpha value is -0.980. The Balaban J connectivity index is 3.07. The molecule has 0 amide bonds. The van der Waals surface area contributed by atoms with Crippen LogP contribution in [0.3, 0.4) is 0 Å². The van der Waals surface area contributed by atoms with E-state index in [2.05, 4.69) is 39.8 Å². The molecule has 1 aromatic rings. The highest BCUT2D eigenvalue weighted by atomic mass is 16.5. The Bertz CT molecular complexity index is 313. The summed E-state index contributed by atoms with van der Waals surface area (Å²) in [5, 5.41) is 0.